The van der Waals surface area contributed by atoms with Gasteiger partial charge in [0.25, 0.3) is 29.5 Å². The van der Waals surface area contributed by atoms with E-state index in [4.69, 9.17) is 10.7 Å². The van der Waals surface area contributed by atoms with Gasteiger partial charge < -0.3 is 20.1 Å². The number of aromatic hydroxyl groups is 3. The Hall–Kier alpha value is -15.4. The van der Waals surface area contributed by atoms with Crippen molar-refractivity contribution in [1.29, 1.82) is 1.34 Å². The van der Waals surface area contributed by atoms with Crippen LogP contribution in [0.25, 0.3) is 50.1 Å². The van der Waals surface area contributed by atoms with Gasteiger partial charge in [-0.3, -0.25) is 73.5 Å². The molecule has 13 aromatic rings. The number of hydrogen-bond donors (Lipinski definition) is 3. The molecule has 4 bridgehead atoms. The number of ether oxygens (including phenoxy) is 1. The van der Waals surface area contributed by atoms with Crippen molar-refractivity contribution in [2.75, 3.05) is 27.9 Å². The van der Waals surface area contributed by atoms with Gasteiger partial charge in [0.15, 0.2) is 34.6 Å². The fraction of sp³-hybridized carbons (Fsp3) is 0.179. The maximum absolute atomic E-state index is 15.4. The molecule has 4 aliphatic heterocycles. The molecule has 2 saturated carbocycles. The molecule has 3 N–H and O–H groups in total. The van der Waals surface area contributed by atoms with E-state index in [0.717, 1.165) is 148 Å². The topological polar surface area (TPSA) is 383 Å². The smallest absolute Gasteiger partial charge is 0 e. The molecule has 30 heteroatoms. The van der Waals surface area contributed by atoms with Crippen molar-refractivity contribution >= 4 is 155 Å². The molecule has 22 rings (SSSR count). The number of benzene rings is 13. The van der Waals surface area contributed by atoms with E-state index >= 15 is 4.79 Å². The molecule has 9 aliphatic rings. The third-order valence-electron chi connectivity index (χ3n) is 29.4. The number of alkyl halides is 1. The number of hydrogen-bond acceptors (Lipinski definition) is 19. The molecule has 2 radical (unpaired) electrons. The number of ketones is 3. The van der Waals surface area contributed by atoms with E-state index in [1.54, 1.807) is 13.8 Å². The first-order chi connectivity index (χ1) is 70.4. The van der Waals surface area contributed by atoms with Gasteiger partial charge in [-0.05, 0) is 229 Å². The van der Waals surface area contributed by atoms with Gasteiger partial charge in [0.2, 0.25) is 5.91 Å². The summed E-state index contributed by atoms with van der Waals surface area (Å²) in [5.74, 6) is -6.43. The molecule has 0 aromatic heterocycles. The normalized spacial score (nSPS) is 22.2. The SMILES string of the molecule is C1CCOC1.CC12C(=O)C(C)(C(c3ccccc3)=C1c1ccccc1)C1(Br)C(=O)N(c3ccc(O)c([N+](=O)[O-])c3)C(=O)C21.CC1=C(c2ccccc2)C2(c3ccccc3)C3(C)C(=O)C(C)(C(c4ccccc4)=C3c3ccccc3)C2(C)C1=O.Cc1c2c(c(C)c(-c3ccccc3)c1-c1ccccc1)C(=O)N(c1ccc(O)c([N+](=O)[O-])c1)C2=O.Cc1ccccc1.O=C1C=C(Br)C(=O)N1c1ccc(O)c([N+](=O)[O-])c1.[2H][B].[C-]#[O+].[U]. The average Bonchev–Trinajstić information content (AvgIpc) is 1.43. The second-order valence-corrected chi connectivity index (χ2v) is 39.0. The molecular weight excluding hydrogens is 2220 g/mol. The first-order valence-corrected chi connectivity index (χ1v) is 47.9. The van der Waals surface area contributed by atoms with Crippen molar-refractivity contribution in [1.82, 2.24) is 0 Å². The van der Waals surface area contributed by atoms with Crippen LogP contribution in [0, 0.1) is 122 Å². The first-order valence-electron chi connectivity index (χ1n) is 46.9. The molecule has 2 saturated heterocycles. The maximum atomic E-state index is 15.4. The van der Waals surface area contributed by atoms with E-state index in [0.29, 0.717) is 22.3 Å². The second-order valence-electron chi connectivity index (χ2n) is 36.9. The molecule has 13 aromatic carbocycles. The third-order valence-corrected chi connectivity index (χ3v) is 31.6. The zero-order chi connectivity index (χ0) is 106. The van der Waals surface area contributed by atoms with Crippen LogP contribution in [0.5, 0.6) is 17.2 Å². The zero-order valence-corrected chi connectivity index (χ0v) is 88.3. The van der Waals surface area contributed by atoms with Gasteiger partial charge in [-0.25, -0.2) is 14.7 Å². The summed E-state index contributed by atoms with van der Waals surface area (Å²) in [6.07, 6.45) is 3.63. The standard InChI is InChI=1S/C38H32O2.C29H21BrN2O6.C28H20N2O5.C10H5BrN2O5.C7H8.C4H8O.CO.BH.U/c1-25-30(26-17-9-5-10-18-26)38(29-23-15-8-16-24-29)36(3)32(28-21-13-7-14-22-28)31(27-19-11-6-12-20-27)35(2,34(36)40)37(38,4)33(25)39;1-27-21(16-9-5-3-6-10-16)22(17-11-7-4-8-12-17)28(2,25(27)35)29(30)23(27)24(34)31(26(29)36)18-13-14-20(33)19(15-18)32(37)38;1-16-23(18-9-5-3-6-10-18)24(19-11-7-4-8-12-19)17(2)26-25(16)27(32)29(28(26)33)20-13-14-22(31)21(15-20)30(34)35;11-6-4-9(15)12(10(6)16)5-1-2-8(14)7(3-5)13(17)18;1-7-5-3-2-4-6-7;1-2-4-5-3-1;1-2;;/h5-24H,1-4H3;3-15,23,33H,1-2H3;3-15,31H,1-2H3;1-4,14H;2-6H,1H3;1-4H2;;1H;/i;;;;;;;1D;. The van der Waals surface area contributed by atoms with Crippen LogP contribution in [-0.4, -0.2) is 110 Å². The number of Topliss-reactive ketones (excluding diaryl/α,β-unsaturated/α-hetero) is 3. The minimum absolute atomic E-state index is 0. The molecule has 6 amide bonds. The maximum Gasteiger partial charge on any atom is 0 e. The monoisotopic (exact) mass is 2310 g/mol. The Balaban J connectivity index is 0.000000151. The molecule has 4 heterocycles. The number of phenolic OH excluding ortho intramolecular Hbond substituents is 3. The van der Waals surface area contributed by atoms with Gasteiger partial charge in [0.05, 0.1) is 85.8 Å². The Bertz CT molecular complexity index is 7610. The van der Waals surface area contributed by atoms with E-state index in [1.807, 2.05) is 233 Å². The predicted molar refractivity (Wildman–Crippen MR) is 564 cm³/mol. The number of nitrogens with zero attached hydrogens (tertiary/aromatic N) is 6. The van der Waals surface area contributed by atoms with Gasteiger partial charge in [0.1, 0.15) is 4.32 Å². The van der Waals surface area contributed by atoms with Gasteiger partial charge >= 0.3 is 28.4 Å². The van der Waals surface area contributed by atoms with Crippen molar-refractivity contribution in [3.8, 4) is 39.5 Å². The number of halogens is 2. The van der Waals surface area contributed by atoms with Crippen molar-refractivity contribution in [2.45, 2.75) is 84.9 Å². The zero-order valence-electron chi connectivity index (χ0n) is 82.0. The number of aryl methyl sites for hydroxylation is 1. The number of fused-ring (bicyclic) bond motifs is 11. The Morgan fingerprint density at radius 2 is 0.728 bits per heavy atom. The number of phenols is 3. The van der Waals surface area contributed by atoms with Crippen LogP contribution in [0.4, 0.5) is 34.1 Å². The number of carbonyl (C=O) groups is 9. The van der Waals surface area contributed by atoms with Crippen LogP contribution in [-0.2, 0) is 48.4 Å². The van der Waals surface area contributed by atoms with Crippen LogP contribution in [0.1, 0.15) is 125 Å². The number of amides is 6. The van der Waals surface area contributed by atoms with Crippen LogP contribution in [0.3, 0.4) is 0 Å². The Kier molecular flexibility index (Phi) is 30.5. The van der Waals surface area contributed by atoms with E-state index in [1.165, 1.54) is 36.6 Å². The molecule has 0 spiro atoms. The molecule has 4 fully saturated rings. The fourth-order valence-corrected chi connectivity index (χ4v) is 24.9. The van der Waals surface area contributed by atoms with Gasteiger partial charge in [-0.15, -0.1) is 0 Å². The summed E-state index contributed by atoms with van der Waals surface area (Å²) in [5.41, 5.74) is 8.86. The predicted octanol–water partition coefficient (Wildman–Crippen LogP) is 23.0. The van der Waals surface area contributed by atoms with Crippen molar-refractivity contribution in [3.63, 3.8) is 0 Å². The summed E-state index contributed by atoms with van der Waals surface area (Å²) in [7, 11) is 3.75. The van der Waals surface area contributed by atoms with E-state index in [2.05, 4.69) is 135 Å². The van der Waals surface area contributed by atoms with Gasteiger partial charge in [-0.1, -0.05) is 294 Å². The number of nitro benzene ring substituents is 3. The number of nitro groups is 3. The fourth-order valence-electron chi connectivity index (χ4n) is 23.3. The summed E-state index contributed by atoms with van der Waals surface area (Å²) >= 11 is 6.56. The third kappa shape index (κ3) is 17.0. The Morgan fingerprint density at radius 1 is 0.408 bits per heavy atom. The second kappa shape index (κ2) is 42.4. The van der Waals surface area contributed by atoms with Crippen LogP contribution < -0.4 is 14.7 Å². The largest absolute Gasteiger partial charge is 0 e. The quantitative estimate of drug-likeness (QED) is 0.0173. The number of allylic oxidation sites excluding steroid dienone is 6. The Labute approximate surface area is 890 Å². The van der Waals surface area contributed by atoms with Crippen molar-refractivity contribution in [2.24, 2.45) is 33.0 Å². The van der Waals surface area contributed by atoms with Crippen LogP contribution in [0.2, 0.25) is 0 Å². The molecule has 147 heavy (non-hydrogen) atoms. The van der Waals surface area contributed by atoms with E-state index in [-0.39, 0.29) is 81.1 Å². The number of imide groups is 3. The van der Waals surface area contributed by atoms with Gasteiger partial charge in [0, 0.05) is 77.0 Å². The summed E-state index contributed by atoms with van der Waals surface area (Å²) in [6.45, 7) is 23.9. The number of carbonyl (C=O) groups excluding carboxylic acids is 9. The molecule has 5 aliphatic carbocycles. The van der Waals surface area contributed by atoms with Crippen molar-refractivity contribution < 1.29 is 114 Å². The Morgan fingerprint density at radius 3 is 1.06 bits per heavy atom. The minimum atomic E-state index is -1.63. The minimum Gasteiger partial charge on any atom is 0 e. The van der Waals surface area contributed by atoms with E-state index in [9.17, 15) is 84.0 Å². The summed E-state index contributed by atoms with van der Waals surface area (Å²) < 4.78 is 16.1. The summed E-state index contributed by atoms with van der Waals surface area (Å²) in [5, 5.41) is 62.5. The number of anilines is 3. The molecule has 8 unspecified atom stereocenters. The number of rotatable bonds is 14. The van der Waals surface area contributed by atoms with Gasteiger partial charge in [-0.2, -0.15) is 0 Å². The van der Waals surface area contributed by atoms with Crippen LogP contribution >= 0.6 is 31.9 Å². The first kappa shape index (κ1) is 106. The van der Waals surface area contributed by atoms with Crippen LogP contribution in [0.15, 0.2) is 344 Å². The summed E-state index contributed by atoms with van der Waals surface area (Å²) in [4.78, 5) is 157. The molecule has 734 valence electrons. The average molecular weight is 2310 g/mol. The van der Waals surface area contributed by atoms with Crippen molar-refractivity contribution in [3.05, 3.63) is 442 Å². The molecular formula is C117H95BBr2N6O20U. The van der Waals surface area contributed by atoms with E-state index < -0.39 is 127 Å². The molecule has 26 nitrogen and oxygen atoms in total. The molecule has 8 atom stereocenters. The summed E-state index contributed by atoms with van der Waals surface area (Å²) in [6, 6.07) is 99.5.